The summed E-state index contributed by atoms with van der Waals surface area (Å²) in [4.78, 5) is 15.1. The lowest BCUT2D eigenvalue weighted by Crippen LogP contribution is -2.40. The van der Waals surface area contributed by atoms with Crippen LogP contribution in [0.5, 0.6) is 0 Å². The molecule has 27 heavy (non-hydrogen) atoms. The van der Waals surface area contributed by atoms with Crippen molar-refractivity contribution in [3.8, 4) is 5.69 Å². The van der Waals surface area contributed by atoms with Crippen LogP contribution in [0.4, 0.5) is 0 Å². The number of aromatic nitrogens is 3. The molecule has 0 fully saturated rings. The smallest absolute Gasteiger partial charge is 0.242 e. The standard InChI is InChI=1S/C21H25N5O/c1-3-25(4-2)20(17-11-7-5-8-12-17)21(27)22-15-18-16-26(24-23-18)19-13-9-6-10-14-19/h5-14,16,20H,3-4,15H2,1-2H3,(H,22,27)/t20-/m1/s1. The lowest BCUT2D eigenvalue weighted by Gasteiger charge is -2.28. The molecule has 0 saturated carbocycles. The quantitative estimate of drug-likeness (QED) is 0.668. The summed E-state index contributed by atoms with van der Waals surface area (Å²) in [6.07, 6.45) is 1.84. The number of amides is 1. The van der Waals surface area contributed by atoms with Crippen molar-refractivity contribution < 1.29 is 4.79 Å². The molecule has 6 nitrogen and oxygen atoms in total. The van der Waals surface area contributed by atoms with Crippen molar-refractivity contribution >= 4 is 5.91 Å². The van der Waals surface area contributed by atoms with E-state index in [1.54, 1.807) is 4.68 Å². The second-order valence-electron chi connectivity index (χ2n) is 6.24. The van der Waals surface area contributed by atoms with Crippen molar-refractivity contribution in [1.82, 2.24) is 25.2 Å². The molecule has 0 aliphatic rings. The zero-order valence-electron chi connectivity index (χ0n) is 15.7. The molecule has 140 valence electrons. The minimum atomic E-state index is -0.314. The molecule has 0 spiro atoms. The number of nitrogens with one attached hydrogen (secondary N) is 1. The number of likely N-dealkylation sites (N-methyl/N-ethyl adjacent to an activating group) is 1. The Morgan fingerprint density at radius 3 is 2.30 bits per heavy atom. The predicted octanol–water partition coefficient (Wildman–Crippen LogP) is 2.97. The van der Waals surface area contributed by atoms with Crippen molar-refractivity contribution in [1.29, 1.82) is 0 Å². The van der Waals surface area contributed by atoms with Gasteiger partial charge in [0.15, 0.2) is 0 Å². The van der Waals surface area contributed by atoms with Crippen LogP contribution in [-0.4, -0.2) is 38.9 Å². The fourth-order valence-corrected chi connectivity index (χ4v) is 3.11. The fourth-order valence-electron chi connectivity index (χ4n) is 3.11. The maximum Gasteiger partial charge on any atom is 0.242 e. The van der Waals surface area contributed by atoms with Crippen molar-refractivity contribution in [2.75, 3.05) is 13.1 Å². The highest BCUT2D eigenvalue weighted by Crippen LogP contribution is 2.20. The second-order valence-corrected chi connectivity index (χ2v) is 6.24. The molecule has 0 unspecified atom stereocenters. The van der Waals surface area contributed by atoms with E-state index in [4.69, 9.17) is 0 Å². The third-order valence-corrected chi connectivity index (χ3v) is 4.55. The predicted molar refractivity (Wildman–Crippen MR) is 105 cm³/mol. The van der Waals surface area contributed by atoms with Gasteiger partial charge in [-0.1, -0.05) is 67.6 Å². The average molecular weight is 363 g/mol. The van der Waals surface area contributed by atoms with Crippen LogP contribution in [-0.2, 0) is 11.3 Å². The Kier molecular flexibility index (Phi) is 6.33. The number of hydrogen-bond acceptors (Lipinski definition) is 4. The van der Waals surface area contributed by atoms with Gasteiger partial charge in [0.2, 0.25) is 5.91 Å². The zero-order chi connectivity index (χ0) is 19.1. The molecule has 0 saturated heterocycles. The largest absolute Gasteiger partial charge is 0.349 e. The zero-order valence-corrected chi connectivity index (χ0v) is 15.7. The Hall–Kier alpha value is -2.99. The van der Waals surface area contributed by atoms with Crippen LogP contribution >= 0.6 is 0 Å². The van der Waals surface area contributed by atoms with Crippen LogP contribution in [0.3, 0.4) is 0 Å². The maximum atomic E-state index is 12.9. The highest BCUT2D eigenvalue weighted by molar-refractivity contribution is 5.83. The number of carbonyl (C=O) groups excluding carboxylic acids is 1. The third kappa shape index (κ3) is 4.60. The number of benzene rings is 2. The average Bonchev–Trinajstić information content (AvgIpc) is 3.20. The second kappa shape index (κ2) is 9.09. The van der Waals surface area contributed by atoms with Gasteiger partial charge >= 0.3 is 0 Å². The third-order valence-electron chi connectivity index (χ3n) is 4.55. The van der Waals surface area contributed by atoms with Crippen LogP contribution in [0.2, 0.25) is 0 Å². The summed E-state index contributed by atoms with van der Waals surface area (Å²) < 4.78 is 1.71. The van der Waals surface area contributed by atoms with Crippen molar-refractivity contribution in [3.63, 3.8) is 0 Å². The Labute approximate surface area is 159 Å². The van der Waals surface area contributed by atoms with E-state index in [0.29, 0.717) is 6.54 Å². The van der Waals surface area contributed by atoms with Gasteiger partial charge in [0.1, 0.15) is 11.7 Å². The Morgan fingerprint density at radius 1 is 1.04 bits per heavy atom. The molecule has 1 amide bonds. The molecule has 3 aromatic rings. The van der Waals surface area contributed by atoms with Crippen LogP contribution < -0.4 is 5.32 Å². The lowest BCUT2D eigenvalue weighted by molar-refractivity contribution is -0.126. The van der Waals surface area contributed by atoms with E-state index in [2.05, 4.69) is 34.4 Å². The number of hydrogen-bond donors (Lipinski definition) is 1. The van der Waals surface area contributed by atoms with E-state index >= 15 is 0 Å². The van der Waals surface area contributed by atoms with Gasteiger partial charge in [0.25, 0.3) is 0 Å². The molecule has 0 bridgehead atoms. The molecular formula is C21H25N5O. The maximum absolute atomic E-state index is 12.9. The normalized spacial score (nSPS) is 12.1. The number of para-hydroxylation sites is 1. The van der Waals surface area contributed by atoms with Crippen LogP contribution in [0.15, 0.2) is 66.9 Å². The SMILES string of the molecule is CCN(CC)[C@@H](C(=O)NCc1cn(-c2ccccc2)nn1)c1ccccc1. The van der Waals surface area contributed by atoms with E-state index < -0.39 is 0 Å². The van der Waals surface area contributed by atoms with Crippen molar-refractivity contribution in [2.24, 2.45) is 0 Å². The molecule has 1 aromatic heterocycles. The van der Waals surface area contributed by atoms with Crippen LogP contribution in [0.1, 0.15) is 31.1 Å². The molecule has 2 aromatic carbocycles. The van der Waals surface area contributed by atoms with Gasteiger partial charge in [-0.15, -0.1) is 5.10 Å². The Balaban J connectivity index is 1.70. The minimum Gasteiger partial charge on any atom is -0.349 e. The Bertz CT molecular complexity index is 843. The molecule has 3 rings (SSSR count). The molecule has 0 radical (unpaired) electrons. The van der Waals surface area contributed by atoms with Crippen LogP contribution in [0.25, 0.3) is 5.69 Å². The number of carbonyl (C=O) groups is 1. The van der Waals surface area contributed by atoms with E-state index in [1.807, 2.05) is 66.9 Å². The monoisotopic (exact) mass is 363 g/mol. The summed E-state index contributed by atoms with van der Waals surface area (Å²) >= 11 is 0. The Morgan fingerprint density at radius 2 is 1.67 bits per heavy atom. The van der Waals surface area contributed by atoms with Gasteiger partial charge in [-0.05, 0) is 30.8 Å². The summed E-state index contributed by atoms with van der Waals surface area (Å²) in [6.45, 7) is 6.08. The molecule has 1 N–H and O–H groups in total. The molecule has 0 aliphatic carbocycles. The van der Waals surface area contributed by atoms with Crippen molar-refractivity contribution in [3.05, 3.63) is 78.1 Å². The summed E-state index contributed by atoms with van der Waals surface area (Å²) in [5.74, 6) is -0.0286. The van der Waals surface area contributed by atoms with E-state index in [-0.39, 0.29) is 11.9 Å². The summed E-state index contributed by atoms with van der Waals surface area (Å²) in [5.41, 5.74) is 2.65. The van der Waals surface area contributed by atoms with E-state index in [0.717, 1.165) is 30.0 Å². The first-order chi connectivity index (χ1) is 13.2. The number of nitrogens with zero attached hydrogens (tertiary/aromatic N) is 4. The molecule has 1 atom stereocenters. The van der Waals surface area contributed by atoms with Gasteiger partial charge in [-0.2, -0.15) is 0 Å². The van der Waals surface area contributed by atoms with E-state index in [9.17, 15) is 4.79 Å². The van der Waals surface area contributed by atoms with Gasteiger partial charge < -0.3 is 5.32 Å². The number of rotatable bonds is 8. The highest BCUT2D eigenvalue weighted by atomic mass is 16.2. The molecule has 0 aliphatic heterocycles. The van der Waals surface area contributed by atoms with E-state index in [1.165, 1.54) is 0 Å². The minimum absolute atomic E-state index is 0.0286. The van der Waals surface area contributed by atoms with Gasteiger partial charge in [0.05, 0.1) is 18.4 Å². The van der Waals surface area contributed by atoms with Gasteiger partial charge in [0, 0.05) is 0 Å². The first-order valence-corrected chi connectivity index (χ1v) is 9.26. The van der Waals surface area contributed by atoms with Crippen molar-refractivity contribution in [2.45, 2.75) is 26.4 Å². The van der Waals surface area contributed by atoms with Gasteiger partial charge in [-0.25, -0.2) is 4.68 Å². The summed E-state index contributed by atoms with van der Waals surface area (Å²) in [5, 5.41) is 11.3. The molecule has 1 heterocycles. The summed E-state index contributed by atoms with van der Waals surface area (Å²) in [6, 6.07) is 19.3. The molecule has 6 heteroatoms. The first kappa shape index (κ1) is 18.8. The van der Waals surface area contributed by atoms with Gasteiger partial charge in [-0.3, -0.25) is 9.69 Å². The first-order valence-electron chi connectivity index (χ1n) is 9.26. The molecular weight excluding hydrogens is 338 g/mol. The topological polar surface area (TPSA) is 63.1 Å². The van der Waals surface area contributed by atoms with Crippen LogP contribution in [0, 0.1) is 0 Å². The highest BCUT2D eigenvalue weighted by Gasteiger charge is 2.25. The summed E-state index contributed by atoms with van der Waals surface area (Å²) in [7, 11) is 0. The fraction of sp³-hybridized carbons (Fsp3) is 0.286. The lowest BCUT2D eigenvalue weighted by atomic mass is 10.0.